The lowest BCUT2D eigenvalue weighted by atomic mass is 10.3. The van der Waals surface area contributed by atoms with Crippen molar-refractivity contribution in [3.8, 4) is 0 Å². The van der Waals surface area contributed by atoms with Gasteiger partial charge in [0.15, 0.2) is 0 Å². The van der Waals surface area contributed by atoms with Gasteiger partial charge in [0.2, 0.25) is 11.8 Å². The fraction of sp³-hybridized carbons (Fsp3) is 0.267. The number of hydrogen-bond donors (Lipinski definition) is 3. The summed E-state index contributed by atoms with van der Waals surface area (Å²) in [4.78, 5) is 24.6. The zero-order valence-electron chi connectivity index (χ0n) is 12.9. The average molecular weight is 333 g/mol. The number of carbonyl (C=O) groups excluding carboxylic acids is 2. The molecule has 23 heavy (non-hydrogen) atoms. The molecular formula is C15H19N5O2S. The lowest BCUT2D eigenvalue weighted by Gasteiger charge is -2.06. The Morgan fingerprint density at radius 2 is 1.96 bits per heavy atom. The van der Waals surface area contributed by atoms with Gasteiger partial charge in [-0.3, -0.25) is 14.3 Å². The molecule has 7 nitrogen and oxygen atoms in total. The minimum atomic E-state index is -0.606. The molecule has 0 aliphatic heterocycles. The van der Waals surface area contributed by atoms with Crippen molar-refractivity contribution in [2.24, 2.45) is 5.73 Å². The maximum atomic E-state index is 12.0. The van der Waals surface area contributed by atoms with Gasteiger partial charge in [0.1, 0.15) is 6.54 Å². The second-order valence-corrected chi connectivity index (χ2v) is 5.86. The lowest BCUT2D eigenvalue weighted by molar-refractivity contribution is -0.117. The summed E-state index contributed by atoms with van der Waals surface area (Å²) in [5, 5.41) is 9.44. The minimum absolute atomic E-state index is 0.0539. The largest absolute Gasteiger partial charge is 0.324 e. The van der Waals surface area contributed by atoms with E-state index in [9.17, 15) is 9.59 Å². The molecule has 0 saturated heterocycles. The van der Waals surface area contributed by atoms with E-state index in [1.165, 1.54) is 10.9 Å². The highest BCUT2D eigenvalue weighted by Crippen LogP contribution is 2.17. The number of rotatable bonds is 6. The standard InChI is InChI=1S/C15H19N5O2S/c1-10(16)15(22)19-12-7-17-20(8-12)9-14(21)18-11-3-5-13(23-2)6-4-11/h3-8,10H,9,16H2,1-2H3,(H,18,21)(H,19,22)/t10-/m1/s1. The van der Waals surface area contributed by atoms with Crippen molar-refractivity contribution < 1.29 is 9.59 Å². The number of amides is 2. The van der Waals surface area contributed by atoms with Crippen LogP contribution in [0.25, 0.3) is 0 Å². The number of aromatic nitrogens is 2. The molecular weight excluding hydrogens is 314 g/mol. The maximum Gasteiger partial charge on any atom is 0.246 e. The van der Waals surface area contributed by atoms with Gasteiger partial charge in [0.05, 0.1) is 17.9 Å². The molecule has 0 saturated carbocycles. The predicted molar refractivity (Wildman–Crippen MR) is 91.4 cm³/mol. The molecule has 1 atom stereocenters. The van der Waals surface area contributed by atoms with Crippen LogP contribution in [-0.2, 0) is 16.1 Å². The third-order valence-electron chi connectivity index (χ3n) is 2.99. The van der Waals surface area contributed by atoms with E-state index in [0.717, 1.165) is 10.6 Å². The first-order valence-electron chi connectivity index (χ1n) is 7.00. The van der Waals surface area contributed by atoms with Crippen LogP contribution >= 0.6 is 11.8 Å². The monoisotopic (exact) mass is 333 g/mol. The van der Waals surface area contributed by atoms with Gasteiger partial charge in [0, 0.05) is 16.8 Å². The fourth-order valence-electron chi connectivity index (χ4n) is 1.79. The van der Waals surface area contributed by atoms with Crippen LogP contribution in [0.15, 0.2) is 41.6 Å². The van der Waals surface area contributed by atoms with Gasteiger partial charge >= 0.3 is 0 Å². The molecule has 0 bridgehead atoms. The number of hydrogen-bond acceptors (Lipinski definition) is 5. The molecule has 0 radical (unpaired) electrons. The Balaban J connectivity index is 1.90. The van der Waals surface area contributed by atoms with Gasteiger partial charge in [-0.05, 0) is 37.4 Å². The Hall–Kier alpha value is -2.32. The van der Waals surface area contributed by atoms with E-state index in [0.29, 0.717) is 5.69 Å². The van der Waals surface area contributed by atoms with Crippen LogP contribution in [0.5, 0.6) is 0 Å². The number of nitrogens with two attached hydrogens (primary N) is 1. The number of carbonyl (C=O) groups is 2. The van der Waals surface area contributed by atoms with Gasteiger partial charge in [0.25, 0.3) is 0 Å². The summed E-state index contributed by atoms with van der Waals surface area (Å²) < 4.78 is 1.45. The van der Waals surface area contributed by atoms with Crippen LogP contribution < -0.4 is 16.4 Å². The van der Waals surface area contributed by atoms with E-state index < -0.39 is 6.04 Å². The van der Waals surface area contributed by atoms with Crippen molar-refractivity contribution >= 4 is 35.0 Å². The summed E-state index contributed by atoms with van der Waals surface area (Å²) in [6, 6.07) is 6.97. The van der Waals surface area contributed by atoms with Crippen molar-refractivity contribution in [2.75, 3.05) is 16.9 Å². The van der Waals surface area contributed by atoms with Crippen LogP contribution in [0, 0.1) is 0 Å². The second-order valence-electron chi connectivity index (χ2n) is 4.98. The summed E-state index contributed by atoms with van der Waals surface area (Å²) in [5.74, 6) is -0.502. The van der Waals surface area contributed by atoms with E-state index in [1.54, 1.807) is 24.9 Å². The zero-order chi connectivity index (χ0) is 16.8. The summed E-state index contributed by atoms with van der Waals surface area (Å²) in [6.07, 6.45) is 5.05. The maximum absolute atomic E-state index is 12.0. The Bertz CT molecular complexity index is 681. The summed E-state index contributed by atoms with van der Waals surface area (Å²) in [6.45, 7) is 1.65. The first-order chi connectivity index (χ1) is 11.0. The molecule has 2 aromatic rings. The van der Waals surface area contributed by atoms with Crippen molar-refractivity contribution in [1.82, 2.24) is 9.78 Å². The highest BCUT2D eigenvalue weighted by atomic mass is 32.2. The normalized spacial score (nSPS) is 11.8. The topological polar surface area (TPSA) is 102 Å². The average Bonchev–Trinajstić information content (AvgIpc) is 2.94. The van der Waals surface area contributed by atoms with Gasteiger partial charge in [-0.25, -0.2) is 0 Å². The molecule has 0 spiro atoms. The van der Waals surface area contributed by atoms with Crippen molar-refractivity contribution in [3.63, 3.8) is 0 Å². The first-order valence-corrected chi connectivity index (χ1v) is 8.23. The highest BCUT2D eigenvalue weighted by Gasteiger charge is 2.10. The quantitative estimate of drug-likeness (QED) is 0.696. The zero-order valence-corrected chi connectivity index (χ0v) is 13.8. The number of nitrogens with zero attached hydrogens (tertiary/aromatic N) is 2. The SMILES string of the molecule is CSc1ccc(NC(=O)Cn2cc(NC(=O)[C@@H](C)N)cn2)cc1. The summed E-state index contributed by atoms with van der Waals surface area (Å²) in [5.41, 5.74) is 6.70. The Morgan fingerprint density at radius 3 is 2.57 bits per heavy atom. The van der Waals surface area contributed by atoms with E-state index >= 15 is 0 Å². The third kappa shape index (κ3) is 5.11. The van der Waals surface area contributed by atoms with E-state index in [-0.39, 0.29) is 18.4 Å². The number of nitrogens with one attached hydrogen (secondary N) is 2. The van der Waals surface area contributed by atoms with Crippen molar-refractivity contribution in [1.29, 1.82) is 0 Å². The van der Waals surface area contributed by atoms with E-state index in [1.807, 2.05) is 30.5 Å². The molecule has 1 heterocycles. The molecule has 0 fully saturated rings. The molecule has 1 aromatic carbocycles. The predicted octanol–water partition coefficient (Wildman–Crippen LogP) is 1.53. The van der Waals surface area contributed by atoms with Crippen LogP contribution in [-0.4, -0.2) is 33.9 Å². The molecule has 0 aliphatic carbocycles. The molecule has 122 valence electrons. The summed E-state index contributed by atoms with van der Waals surface area (Å²) >= 11 is 1.64. The van der Waals surface area contributed by atoms with E-state index in [4.69, 9.17) is 5.73 Å². The molecule has 8 heteroatoms. The van der Waals surface area contributed by atoms with E-state index in [2.05, 4.69) is 15.7 Å². The van der Waals surface area contributed by atoms with Gasteiger partial charge in [-0.2, -0.15) is 5.10 Å². The van der Waals surface area contributed by atoms with Crippen LogP contribution in [0.3, 0.4) is 0 Å². The molecule has 4 N–H and O–H groups in total. The Labute approximate surface area is 138 Å². The number of anilines is 2. The molecule has 1 aromatic heterocycles. The van der Waals surface area contributed by atoms with Crippen molar-refractivity contribution in [3.05, 3.63) is 36.7 Å². The number of benzene rings is 1. The Kier molecular flexibility index (Phi) is 5.78. The highest BCUT2D eigenvalue weighted by molar-refractivity contribution is 7.98. The Morgan fingerprint density at radius 1 is 1.26 bits per heavy atom. The molecule has 0 aliphatic rings. The number of thioether (sulfide) groups is 1. The fourth-order valence-corrected chi connectivity index (χ4v) is 2.20. The second kappa shape index (κ2) is 7.80. The lowest BCUT2D eigenvalue weighted by Crippen LogP contribution is -2.32. The van der Waals surface area contributed by atoms with Crippen LogP contribution in [0.4, 0.5) is 11.4 Å². The van der Waals surface area contributed by atoms with Crippen LogP contribution in [0.1, 0.15) is 6.92 Å². The summed E-state index contributed by atoms with van der Waals surface area (Å²) in [7, 11) is 0. The molecule has 0 unspecified atom stereocenters. The molecule has 2 rings (SSSR count). The van der Waals surface area contributed by atoms with Gasteiger partial charge in [-0.15, -0.1) is 11.8 Å². The van der Waals surface area contributed by atoms with Gasteiger partial charge < -0.3 is 16.4 Å². The van der Waals surface area contributed by atoms with Crippen molar-refractivity contribution in [2.45, 2.75) is 24.4 Å². The minimum Gasteiger partial charge on any atom is -0.324 e. The third-order valence-corrected chi connectivity index (χ3v) is 3.74. The van der Waals surface area contributed by atoms with Gasteiger partial charge in [-0.1, -0.05) is 0 Å². The first kappa shape index (κ1) is 17.0. The smallest absolute Gasteiger partial charge is 0.246 e. The molecule has 2 amide bonds. The van der Waals surface area contributed by atoms with Crippen LogP contribution in [0.2, 0.25) is 0 Å².